The molecule has 0 aliphatic carbocycles. The lowest BCUT2D eigenvalue weighted by atomic mass is 9.90. The third kappa shape index (κ3) is 13.3. The van der Waals surface area contributed by atoms with Crippen LogP contribution in [0.4, 0.5) is 0 Å². The second kappa shape index (κ2) is 23.3. The SMILES string of the molecule is CCCCC[C@@H](C(=O)NCNC(=O)c1ccc(-c2ccc(C(=O)N[C@@H](CC(=O)O)C(=O)O)c(OCC(=O)O)c2)o1)[C@@H](CC)N(C=O)OC(=O)C(c1ccccc1)c1ccccc1. The van der Waals surface area contributed by atoms with Gasteiger partial charge in [0.15, 0.2) is 12.4 Å². The highest BCUT2D eigenvalue weighted by atomic mass is 16.7. The average Bonchev–Trinajstić information content (AvgIpc) is 3.76. The van der Waals surface area contributed by atoms with E-state index in [1.165, 1.54) is 30.3 Å². The number of aliphatic carboxylic acids is 3. The van der Waals surface area contributed by atoms with E-state index >= 15 is 0 Å². The van der Waals surface area contributed by atoms with Crippen molar-refractivity contribution in [2.45, 2.75) is 70.4 Å². The summed E-state index contributed by atoms with van der Waals surface area (Å²) in [5.41, 5.74) is 1.22. The summed E-state index contributed by atoms with van der Waals surface area (Å²) in [7, 11) is 0. The van der Waals surface area contributed by atoms with Gasteiger partial charge >= 0.3 is 23.9 Å². The zero-order valence-corrected chi connectivity index (χ0v) is 34.0. The summed E-state index contributed by atoms with van der Waals surface area (Å²) < 4.78 is 11.0. The number of carbonyl (C=O) groups is 8. The number of rotatable bonds is 25. The third-order valence-electron chi connectivity index (χ3n) is 9.65. The lowest BCUT2D eigenvalue weighted by molar-refractivity contribution is -0.205. The van der Waals surface area contributed by atoms with Crippen LogP contribution in [0.3, 0.4) is 0 Å². The minimum absolute atomic E-state index is 0.0765. The van der Waals surface area contributed by atoms with Crippen molar-refractivity contribution in [2.75, 3.05) is 13.3 Å². The number of benzene rings is 3. The van der Waals surface area contributed by atoms with Gasteiger partial charge in [0.2, 0.25) is 12.3 Å². The maximum atomic E-state index is 13.8. The molecule has 0 radical (unpaired) electrons. The van der Waals surface area contributed by atoms with Crippen molar-refractivity contribution in [1.29, 1.82) is 0 Å². The lowest BCUT2D eigenvalue weighted by Crippen LogP contribution is -2.49. The molecule has 6 N–H and O–H groups in total. The highest BCUT2D eigenvalue weighted by Crippen LogP contribution is 2.31. The second-order valence-corrected chi connectivity index (χ2v) is 14.0. The fourth-order valence-electron chi connectivity index (χ4n) is 6.61. The number of ether oxygens (including phenoxy) is 1. The summed E-state index contributed by atoms with van der Waals surface area (Å²) in [6.45, 7) is 2.52. The summed E-state index contributed by atoms with van der Waals surface area (Å²) in [5, 5.41) is 35.7. The molecule has 18 heteroatoms. The maximum absolute atomic E-state index is 13.8. The number of carbonyl (C=O) groups excluding carboxylic acids is 5. The van der Waals surface area contributed by atoms with Gasteiger partial charge in [-0.3, -0.25) is 24.0 Å². The number of nitrogens with one attached hydrogen (secondary N) is 3. The topological polar surface area (TPSA) is 268 Å². The Balaban J connectivity index is 1.46. The predicted octanol–water partition coefficient (Wildman–Crippen LogP) is 4.60. The molecular formula is C44H48N4O14. The summed E-state index contributed by atoms with van der Waals surface area (Å²) in [6.07, 6.45) is 2.34. The smallest absolute Gasteiger partial charge is 0.344 e. The summed E-state index contributed by atoms with van der Waals surface area (Å²) in [6, 6.07) is 21.8. The first-order valence-corrected chi connectivity index (χ1v) is 19.7. The first kappa shape index (κ1) is 47.2. The Bertz CT molecular complexity index is 2150. The molecule has 0 bridgehead atoms. The van der Waals surface area contributed by atoms with Gasteiger partial charge < -0.3 is 45.3 Å². The molecule has 4 rings (SSSR count). The van der Waals surface area contributed by atoms with Gasteiger partial charge in [0.25, 0.3) is 11.8 Å². The number of carboxylic acids is 3. The number of furan rings is 1. The molecule has 4 amide bonds. The molecule has 328 valence electrons. The minimum atomic E-state index is -1.79. The molecule has 1 aromatic heterocycles. The van der Waals surface area contributed by atoms with E-state index in [9.17, 15) is 43.5 Å². The van der Waals surface area contributed by atoms with Crippen molar-refractivity contribution in [3.63, 3.8) is 0 Å². The Morgan fingerprint density at radius 3 is 2.02 bits per heavy atom. The number of carboxylic acid groups (broad SMARTS) is 3. The van der Waals surface area contributed by atoms with Gasteiger partial charge in [-0.1, -0.05) is 99.8 Å². The van der Waals surface area contributed by atoms with Crippen LogP contribution in [0.1, 0.15) is 90.3 Å². The van der Waals surface area contributed by atoms with E-state index in [0.717, 1.165) is 17.9 Å². The first-order chi connectivity index (χ1) is 29.8. The van der Waals surface area contributed by atoms with Crippen molar-refractivity contribution in [1.82, 2.24) is 21.0 Å². The molecular weight excluding hydrogens is 808 g/mol. The van der Waals surface area contributed by atoms with Crippen molar-refractivity contribution in [3.8, 4) is 17.1 Å². The zero-order valence-electron chi connectivity index (χ0n) is 34.0. The number of unbranched alkanes of at least 4 members (excludes halogenated alkanes) is 2. The van der Waals surface area contributed by atoms with Gasteiger partial charge in [-0.2, -0.15) is 5.06 Å². The van der Waals surface area contributed by atoms with Gasteiger partial charge in [0, 0.05) is 5.56 Å². The number of nitrogens with zero attached hydrogens (tertiary/aromatic N) is 1. The Morgan fingerprint density at radius 1 is 0.790 bits per heavy atom. The molecule has 62 heavy (non-hydrogen) atoms. The van der Waals surface area contributed by atoms with Crippen LogP contribution in [-0.4, -0.2) is 93.8 Å². The quantitative estimate of drug-likeness (QED) is 0.0230. The Labute approximate surface area is 356 Å². The van der Waals surface area contributed by atoms with Crippen molar-refractivity contribution in [2.24, 2.45) is 5.92 Å². The molecule has 3 atom stereocenters. The molecule has 0 saturated heterocycles. The van der Waals surface area contributed by atoms with E-state index in [0.29, 0.717) is 30.4 Å². The maximum Gasteiger partial charge on any atom is 0.344 e. The summed E-state index contributed by atoms with van der Waals surface area (Å²) >= 11 is 0. The van der Waals surface area contributed by atoms with Crippen LogP contribution >= 0.6 is 0 Å². The number of amides is 4. The second-order valence-electron chi connectivity index (χ2n) is 14.0. The van der Waals surface area contributed by atoms with Gasteiger partial charge in [-0.25, -0.2) is 14.4 Å². The number of hydrogen-bond donors (Lipinski definition) is 6. The molecule has 0 unspecified atom stereocenters. The van der Waals surface area contributed by atoms with Crippen molar-refractivity contribution < 1.29 is 67.7 Å². The van der Waals surface area contributed by atoms with Gasteiger partial charge in [-0.05, 0) is 48.2 Å². The van der Waals surface area contributed by atoms with Crippen LogP contribution < -0.4 is 20.7 Å². The first-order valence-electron chi connectivity index (χ1n) is 19.7. The van der Waals surface area contributed by atoms with Crippen LogP contribution in [-0.2, 0) is 33.6 Å². The molecule has 4 aromatic rings. The van der Waals surface area contributed by atoms with Crippen LogP contribution in [0.15, 0.2) is 95.4 Å². The lowest BCUT2D eigenvalue weighted by Gasteiger charge is -2.32. The number of hydroxylamine groups is 2. The normalized spacial score (nSPS) is 12.2. The molecule has 18 nitrogen and oxygen atoms in total. The van der Waals surface area contributed by atoms with Crippen LogP contribution in [0, 0.1) is 5.92 Å². The standard InChI is InChI=1S/C44H48N4O14/c1-3-5-8-17-30(33(4-2)48(26-49)62-44(59)39(27-13-9-6-10-14-27)28-15-11-7-12-16-28)40(54)45-25-46-42(56)35-21-20-34(61-35)29-18-19-31(36(22-29)60-24-38(52)53)41(55)47-32(43(57)58)23-37(50)51/h6-7,9-16,18-22,26,30,32-33,39H,3-5,8,17,23-25H2,1-2H3,(H,45,54)(H,46,56)(H,47,55)(H,50,51)(H,52,53)(H,57,58)/t30-,32+,33-/m1/s1. The van der Waals surface area contributed by atoms with Crippen molar-refractivity contribution >= 4 is 48.0 Å². The van der Waals surface area contributed by atoms with E-state index in [4.69, 9.17) is 24.2 Å². The molecule has 0 fully saturated rings. The molecule has 0 aliphatic heterocycles. The fourth-order valence-corrected chi connectivity index (χ4v) is 6.61. The molecule has 3 aromatic carbocycles. The predicted molar refractivity (Wildman–Crippen MR) is 219 cm³/mol. The third-order valence-corrected chi connectivity index (χ3v) is 9.65. The number of hydrogen-bond acceptors (Lipinski definition) is 11. The Hall–Kier alpha value is -7.50. The largest absolute Gasteiger partial charge is 0.481 e. The van der Waals surface area contributed by atoms with Crippen molar-refractivity contribution in [3.05, 3.63) is 113 Å². The zero-order chi connectivity index (χ0) is 45.2. The Morgan fingerprint density at radius 2 is 1.45 bits per heavy atom. The monoisotopic (exact) mass is 856 g/mol. The summed E-state index contributed by atoms with van der Waals surface area (Å²) in [4.78, 5) is 106. The van der Waals surface area contributed by atoms with Crippen LogP contribution in [0.25, 0.3) is 11.3 Å². The molecule has 1 heterocycles. The van der Waals surface area contributed by atoms with Gasteiger partial charge in [0.1, 0.15) is 23.5 Å². The molecule has 0 aliphatic rings. The van der Waals surface area contributed by atoms with Gasteiger partial charge in [-0.15, -0.1) is 0 Å². The molecule has 0 spiro atoms. The van der Waals surface area contributed by atoms with Gasteiger partial charge in [0.05, 0.1) is 30.6 Å². The summed E-state index contributed by atoms with van der Waals surface area (Å²) in [5.74, 6) is -9.60. The van der Waals surface area contributed by atoms with E-state index in [-0.39, 0.29) is 41.5 Å². The fraction of sp³-hybridized carbons (Fsp3) is 0.318. The van der Waals surface area contributed by atoms with Crippen LogP contribution in [0.5, 0.6) is 5.75 Å². The van der Waals surface area contributed by atoms with E-state index in [2.05, 4.69) is 16.0 Å². The van der Waals surface area contributed by atoms with E-state index in [1.54, 1.807) is 55.5 Å². The Kier molecular flexibility index (Phi) is 17.8. The minimum Gasteiger partial charge on any atom is -0.481 e. The van der Waals surface area contributed by atoms with E-state index in [1.807, 2.05) is 19.1 Å². The average molecular weight is 857 g/mol. The molecule has 0 saturated carbocycles. The van der Waals surface area contributed by atoms with E-state index < -0.39 is 78.5 Å². The highest BCUT2D eigenvalue weighted by molar-refractivity contribution is 6.00. The highest BCUT2D eigenvalue weighted by Gasteiger charge is 2.35. The van der Waals surface area contributed by atoms with Crippen LogP contribution in [0.2, 0.25) is 0 Å².